The Kier molecular flexibility index (Phi) is 3.86. The molecule has 0 atom stereocenters. The van der Waals surface area contributed by atoms with Gasteiger partial charge in [0.15, 0.2) is 0 Å². The van der Waals surface area contributed by atoms with Crippen molar-refractivity contribution in [2.24, 2.45) is 0 Å². The van der Waals surface area contributed by atoms with E-state index in [-0.39, 0.29) is 5.91 Å². The minimum atomic E-state index is -0.0851. The number of nitriles is 1. The van der Waals surface area contributed by atoms with Crippen LogP contribution >= 0.6 is 0 Å². The molecule has 1 heterocycles. The Morgan fingerprint density at radius 2 is 2.21 bits per heavy atom. The van der Waals surface area contributed by atoms with E-state index in [0.717, 1.165) is 16.6 Å². The van der Waals surface area contributed by atoms with Gasteiger partial charge in [-0.2, -0.15) is 5.26 Å². The van der Waals surface area contributed by atoms with E-state index in [1.165, 1.54) is 5.56 Å². The molecule has 1 aromatic heterocycles. The maximum atomic E-state index is 12.0. The van der Waals surface area contributed by atoms with Crippen molar-refractivity contribution in [2.45, 2.75) is 26.7 Å². The summed E-state index contributed by atoms with van der Waals surface area (Å²) in [6, 6.07) is 7.72. The van der Waals surface area contributed by atoms with Crippen LogP contribution in [0.3, 0.4) is 0 Å². The zero-order valence-corrected chi connectivity index (χ0v) is 11.2. The summed E-state index contributed by atoms with van der Waals surface area (Å²) >= 11 is 0. The van der Waals surface area contributed by atoms with Gasteiger partial charge in [-0.25, -0.2) is 0 Å². The summed E-state index contributed by atoms with van der Waals surface area (Å²) in [5.74, 6) is -0.0851. The van der Waals surface area contributed by atoms with Crippen LogP contribution in [-0.4, -0.2) is 17.4 Å². The van der Waals surface area contributed by atoms with Crippen LogP contribution in [0.2, 0.25) is 0 Å². The van der Waals surface area contributed by atoms with Crippen LogP contribution in [0.4, 0.5) is 0 Å². The summed E-state index contributed by atoms with van der Waals surface area (Å²) in [6.07, 6.45) is 1.15. The van der Waals surface area contributed by atoms with Crippen molar-refractivity contribution in [3.8, 4) is 6.07 Å². The second-order valence-electron chi connectivity index (χ2n) is 4.65. The number of aromatic nitrogens is 1. The van der Waals surface area contributed by atoms with Gasteiger partial charge >= 0.3 is 0 Å². The number of fused-ring (bicyclic) bond motifs is 1. The molecule has 2 aromatic rings. The molecular weight excluding hydrogens is 238 g/mol. The number of carbonyl (C=O) groups excluding carboxylic acids is 1. The molecule has 4 heteroatoms. The van der Waals surface area contributed by atoms with Crippen LogP contribution in [0.15, 0.2) is 18.2 Å². The van der Waals surface area contributed by atoms with Crippen molar-refractivity contribution in [1.29, 1.82) is 5.26 Å². The number of nitrogens with zero attached hydrogens (tertiary/aromatic N) is 1. The predicted octanol–water partition coefficient (Wildman–Crippen LogP) is 2.82. The lowest BCUT2D eigenvalue weighted by Crippen LogP contribution is -2.24. The van der Waals surface area contributed by atoms with Crippen molar-refractivity contribution < 1.29 is 4.79 Å². The van der Waals surface area contributed by atoms with Crippen LogP contribution in [0, 0.1) is 25.2 Å². The smallest absolute Gasteiger partial charge is 0.251 e. The standard InChI is InChI=1S/C15H17N3O/c1-10-11(2)18-14-6-5-12(9-13(10)14)15(19)17-8-4-3-7-16/h5-6,9,18H,3-4,8H2,1-2H3,(H,17,19). The van der Waals surface area contributed by atoms with Gasteiger partial charge < -0.3 is 10.3 Å². The fourth-order valence-corrected chi connectivity index (χ4v) is 2.07. The lowest BCUT2D eigenvalue weighted by Gasteiger charge is -2.04. The Labute approximate surface area is 112 Å². The third-order valence-electron chi connectivity index (χ3n) is 3.32. The van der Waals surface area contributed by atoms with Gasteiger partial charge in [0.1, 0.15) is 0 Å². The highest BCUT2D eigenvalue weighted by Crippen LogP contribution is 2.22. The molecule has 1 amide bonds. The van der Waals surface area contributed by atoms with Crippen LogP contribution in [0.1, 0.15) is 34.5 Å². The Bertz CT molecular complexity index is 649. The fourth-order valence-electron chi connectivity index (χ4n) is 2.07. The Morgan fingerprint density at radius 1 is 1.42 bits per heavy atom. The second-order valence-corrected chi connectivity index (χ2v) is 4.65. The Morgan fingerprint density at radius 3 is 2.95 bits per heavy atom. The van der Waals surface area contributed by atoms with E-state index in [1.54, 1.807) is 0 Å². The summed E-state index contributed by atoms with van der Waals surface area (Å²) in [6.45, 7) is 4.61. The van der Waals surface area contributed by atoms with Crippen LogP contribution < -0.4 is 5.32 Å². The lowest BCUT2D eigenvalue weighted by molar-refractivity contribution is 0.0953. The molecule has 0 aliphatic rings. The highest BCUT2D eigenvalue weighted by molar-refractivity contribution is 5.99. The average molecular weight is 255 g/mol. The minimum absolute atomic E-state index is 0.0851. The largest absolute Gasteiger partial charge is 0.358 e. The van der Waals surface area contributed by atoms with Crippen molar-refractivity contribution >= 4 is 16.8 Å². The van der Waals surface area contributed by atoms with E-state index in [9.17, 15) is 4.79 Å². The molecular formula is C15H17N3O. The van der Waals surface area contributed by atoms with Gasteiger partial charge in [0.25, 0.3) is 5.91 Å². The summed E-state index contributed by atoms with van der Waals surface area (Å²) in [5.41, 5.74) is 4.01. The summed E-state index contributed by atoms with van der Waals surface area (Å²) in [4.78, 5) is 15.3. The normalized spacial score (nSPS) is 10.4. The first-order valence-corrected chi connectivity index (χ1v) is 6.37. The molecule has 0 radical (unpaired) electrons. The van der Waals surface area contributed by atoms with Gasteiger partial charge in [0.05, 0.1) is 6.07 Å². The van der Waals surface area contributed by atoms with E-state index >= 15 is 0 Å². The summed E-state index contributed by atoms with van der Waals surface area (Å²) < 4.78 is 0. The number of hydrogen-bond acceptors (Lipinski definition) is 2. The fraction of sp³-hybridized carbons (Fsp3) is 0.333. The van der Waals surface area contributed by atoms with Crippen LogP contribution in [0.25, 0.3) is 10.9 Å². The molecule has 0 spiro atoms. The zero-order chi connectivity index (χ0) is 13.8. The Hall–Kier alpha value is -2.28. The minimum Gasteiger partial charge on any atom is -0.358 e. The SMILES string of the molecule is Cc1[nH]c2ccc(C(=O)NCCCC#N)cc2c1C. The summed E-state index contributed by atoms with van der Waals surface area (Å²) in [5, 5.41) is 12.3. The number of unbranched alkanes of at least 4 members (excludes halogenated alkanes) is 1. The summed E-state index contributed by atoms with van der Waals surface area (Å²) in [7, 11) is 0. The highest BCUT2D eigenvalue weighted by atomic mass is 16.1. The molecule has 0 saturated carbocycles. The molecule has 0 saturated heterocycles. The maximum absolute atomic E-state index is 12.0. The third kappa shape index (κ3) is 2.76. The molecule has 1 aromatic carbocycles. The molecule has 0 unspecified atom stereocenters. The van der Waals surface area contributed by atoms with E-state index < -0.39 is 0 Å². The average Bonchev–Trinajstić information content (AvgIpc) is 2.70. The third-order valence-corrected chi connectivity index (χ3v) is 3.32. The molecule has 98 valence electrons. The molecule has 0 fully saturated rings. The molecule has 0 aliphatic carbocycles. The van der Waals surface area contributed by atoms with Gasteiger partial charge in [-0.1, -0.05) is 0 Å². The highest BCUT2D eigenvalue weighted by Gasteiger charge is 2.09. The zero-order valence-electron chi connectivity index (χ0n) is 11.2. The molecule has 2 rings (SSSR count). The number of aryl methyl sites for hydroxylation is 2. The first-order chi connectivity index (χ1) is 9.13. The number of benzene rings is 1. The predicted molar refractivity (Wildman–Crippen MR) is 75.0 cm³/mol. The first-order valence-electron chi connectivity index (χ1n) is 6.37. The molecule has 19 heavy (non-hydrogen) atoms. The maximum Gasteiger partial charge on any atom is 0.251 e. The second kappa shape index (κ2) is 5.57. The topological polar surface area (TPSA) is 68.7 Å². The Balaban J connectivity index is 2.14. The number of H-pyrrole nitrogens is 1. The van der Waals surface area contributed by atoms with Gasteiger partial charge in [-0.15, -0.1) is 0 Å². The van der Waals surface area contributed by atoms with Gasteiger partial charge in [0.2, 0.25) is 0 Å². The quantitative estimate of drug-likeness (QED) is 0.825. The monoisotopic (exact) mass is 255 g/mol. The van der Waals surface area contributed by atoms with E-state index in [1.807, 2.05) is 32.0 Å². The van der Waals surface area contributed by atoms with E-state index in [2.05, 4.69) is 16.4 Å². The van der Waals surface area contributed by atoms with Crippen LogP contribution in [0.5, 0.6) is 0 Å². The molecule has 0 aliphatic heterocycles. The first kappa shape index (κ1) is 13.2. The number of carbonyl (C=O) groups is 1. The van der Waals surface area contributed by atoms with Gasteiger partial charge in [0, 0.05) is 35.1 Å². The molecule has 2 N–H and O–H groups in total. The number of nitrogens with one attached hydrogen (secondary N) is 2. The van der Waals surface area contributed by atoms with Gasteiger partial charge in [-0.05, 0) is 44.0 Å². The number of amides is 1. The number of aromatic amines is 1. The number of rotatable bonds is 4. The van der Waals surface area contributed by atoms with Crippen molar-refractivity contribution in [2.75, 3.05) is 6.54 Å². The number of hydrogen-bond donors (Lipinski definition) is 2. The van der Waals surface area contributed by atoms with Crippen molar-refractivity contribution in [3.05, 3.63) is 35.0 Å². The van der Waals surface area contributed by atoms with E-state index in [0.29, 0.717) is 24.9 Å². The molecule has 0 bridgehead atoms. The van der Waals surface area contributed by atoms with Crippen molar-refractivity contribution in [1.82, 2.24) is 10.3 Å². The lowest BCUT2D eigenvalue weighted by atomic mass is 10.1. The molecule has 4 nitrogen and oxygen atoms in total. The van der Waals surface area contributed by atoms with Crippen molar-refractivity contribution in [3.63, 3.8) is 0 Å². The van der Waals surface area contributed by atoms with Gasteiger partial charge in [-0.3, -0.25) is 4.79 Å². The van der Waals surface area contributed by atoms with E-state index in [4.69, 9.17) is 5.26 Å². The van der Waals surface area contributed by atoms with Crippen LogP contribution in [-0.2, 0) is 0 Å².